The van der Waals surface area contributed by atoms with Crippen molar-refractivity contribution in [2.45, 2.75) is 14.7 Å². The molecule has 0 saturated heterocycles. The minimum absolute atomic E-state index is 0. The maximum absolute atomic E-state index is 11.3. The van der Waals surface area contributed by atoms with Crippen molar-refractivity contribution in [2.75, 3.05) is 0 Å². The Balaban J connectivity index is 0.00000264. The van der Waals surface area contributed by atoms with E-state index in [-0.39, 0.29) is 34.9 Å². The Labute approximate surface area is 153 Å². The van der Waals surface area contributed by atoms with Gasteiger partial charge in [-0.05, 0) is 24.3 Å². The zero-order chi connectivity index (χ0) is 16.9. The molecule has 2 aromatic rings. The molecule has 0 bridgehead atoms. The number of fused-ring (bicyclic) bond motifs is 1. The van der Waals surface area contributed by atoms with Crippen molar-refractivity contribution in [1.29, 1.82) is 0 Å². The van der Waals surface area contributed by atoms with E-state index in [1.165, 1.54) is 0 Å². The maximum atomic E-state index is 11.3. The Morgan fingerprint density at radius 2 is 1.04 bits per heavy atom. The van der Waals surface area contributed by atoms with E-state index in [9.17, 15) is 25.3 Å². The van der Waals surface area contributed by atoms with Crippen molar-refractivity contribution in [2.24, 2.45) is 0 Å². The molecule has 0 heterocycles. The monoisotopic (exact) mass is 392 g/mol. The molecule has 2 rings (SSSR count). The van der Waals surface area contributed by atoms with Gasteiger partial charge in [0.1, 0.15) is 9.79 Å². The van der Waals surface area contributed by atoms with Crippen LogP contribution in [0.3, 0.4) is 0 Å². The predicted octanol–water partition coefficient (Wildman–Crippen LogP) is -0.0686. The van der Waals surface area contributed by atoms with Gasteiger partial charge in [0, 0.05) is 10.8 Å². The molecule has 0 fully saturated rings. The molecular weight excluding hydrogens is 383 g/mol. The number of benzene rings is 2. The fraction of sp³-hybridized carbons (Fsp3) is 0. The molecule has 0 atom stereocenters. The molecule has 23 heavy (non-hydrogen) atoms. The van der Waals surface area contributed by atoms with Crippen molar-refractivity contribution < 1.29 is 38.9 Å². The van der Waals surface area contributed by atoms with Gasteiger partial charge in [0.05, 0.1) is 4.90 Å². The van der Waals surface area contributed by atoms with Crippen LogP contribution in [-0.2, 0) is 30.4 Å². The van der Waals surface area contributed by atoms with Crippen LogP contribution < -0.4 is 0 Å². The van der Waals surface area contributed by atoms with Crippen molar-refractivity contribution in [3.05, 3.63) is 30.3 Å². The first-order chi connectivity index (χ1) is 9.82. The van der Waals surface area contributed by atoms with Crippen LogP contribution in [0.25, 0.3) is 10.8 Å². The van der Waals surface area contributed by atoms with E-state index in [1.54, 1.807) is 0 Å². The molecule has 0 aliphatic carbocycles. The summed E-state index contributed by atoms with van der Waals surface area (Å²) in [5.41, 5.74) is 0. The van der Waals surface area contributed by atoms with E-state index in [0.717, 1.165) is 18.2 Å². The van der Waals surface area contributed by atoms with Crippen LogP contribution in [0, 0.1) is 0 Å². The third-order valence-corrected chi connectivity index (χ3v) is 5.43. The van der Waals surface area contributed by atoms with Crippen LogP contribution >= 0.6 is 0 Å². The molecule has 0 aliphatic heterocycles. The molecule has 13 heteroatoms. The molecule has 3 N–H and O–H groups in total. The van der Waals surface area contributed by atoms with Gasteiger partial charge in [-0.2, -0.15) is 25.3 Å². The van der Waals surface area contributed by atoms with Gasteiger partial charge in [0.15, 0.2) is 0 Å². The van der Waals surface area contributed by atoms with Crippen LogP contribution in [0.4, 0.5) is 0 Å². The molecule has 2 aromatic carbocycles. The van der Waals surface area contributed by atoms with E-state index in [2.05, 4.69) is 0 Å². The number of rotatable bonds is 3. The molecular formula is C10H9NaO9S3. The Bertz CT molecular complexity index is 1090. The summed E-state index contributed by atoms with van der Waals surface area (Å²) in [4.78, 5) is -2.17. The average molecular weight is 392 g/mol. The second kappa shape index (κ2) is 6.38. The minimum atomic E-state index is -4.81. The summed E-state index contributed by atoms with van der Waals surface area (Å²) >= 11 is 0. The van der Waals surface area contributed by atoms with Crippen LogP contribution in [-0.4, -0.2) is 68.5 Å². The standard InChI is InChI=1S/C10H8O9S3.Na.H/c11-20(12,13)6-1-2-7-8(5-6)10(22(17,18)19)4-3-9(7)21(14,15)16;;/h1-5H,(H,11,12,13)(H,14,15,16)(H,17,18,19);;. The Morgan fingerprint density at radius 1 is 0.609 bits per heavy atom. The summed E-state index contributed by atoms with van der Waals surface area (Å²) in [6.07, 6.45) is 0. The summed E-state index contributed by atoms with van der Waals surface area (Å²) in [5, 5.41) is -0.835. The summed E-state index contributed by atoms with van der Waals surface area (Å²) in [5.74, 6) is 0. The van der Waals surface area contributed by atoms with Crippen molar-refractivity contribution in [3.63, 3.8) is 0 Å². The van der Waals surface area contributed by atoms with Crippen LogP contribution in [0.2, 0.25) is 0 Å². The van der Waals surface area contributed by atoms with Gasteiger partial charge in [-0.15, -0.1) is 0 Å². The topological polar surface area (TPSA) is 163 Å². The molecule has 0 amide bonds. The van der Waals surface area contributed by atoms with Crippen molar-refractivity contribution >= 4 is 70.7 Å². The van der Waals surface area contributed by atoms with Crippen molar-refractivity contribution in [1.82, 2.24) is 0 Å². The Hall–Kier alpha value is -0.570. The van der Waals surface area contributed by atoms with Crippen LogP contribution in [0.15, 0.2) is 45.0 Å². The molecule has 0 aliphatic rings. The third-order valence-electron chi connectivity index (χ3n) is 2.76. The fourth-order valence-corrected chi connectivity index (χ4v) is 3.77. The molecule has 0 aromatic heterocycles. The second-order valence-electron chi connectivity index (χ2n) is 4.19. The first-order valence-electron chi connectivity index (χ1n) is 5.31. The van der Waals surface area contributed by atoms with E-state index < -0.39 is 50.4 Å². The van der Waals surface area contributed by atoms with Crippen molar-refractivity contribution in [3.8, 4) is 0 Å². The quantitative estimate of drug-likeness (QED) is 0.479. The SMILES string of the molecule is O=S(=O)(O)c1ccc2c(S(=O)(=O)O)ccc(S(=O)(=O)O)c2c1.[NaH]. The Morgan fingerprint density at radius 3 is 1.43 bits per heavy atom. The number of hydrogen-bond donors (Lipinski definition) is 3. The summed E-state index contributed by atoms with van der Waals surface area (Å²) in [6, 6.07) is 3.81. The number of hydrogen-bond acceptors (Lipinski definition) is 6. The van der Waals surface area contributed by atoms with Gasteiger partial charge in [-0.3, -0.25) is 13.7 Å². The van der Waals surface area contributed by atoms with Gasteiger partial charge in [-0.1, -0.05) is 6.07 Å². The Kier molecular flexibility index (Phi) is 5.68. The van der Waals surface area contributed by atoms with Gasteiger partial charge >= 0.3 is 29.6 Å². The van der Waals surface area contributed by atoms with Gasteiger partial charge < -0.3 is 0 Å². The predicted molar refractivity (Wildman–Crippen MR) is 80.5 cm³/mol. The molecule has 0 saturated carbocycles. The molecule has 9 nitrogen and oxygen atoms in total. The van der Waals surface area contributed by atoms with Gasteiger partial charge in [0.25, 0.3) is 30.4 Å². The van der Waals surface area contributed by atoms with Gasteiger partial charge in [-0.25, -0.2) is 0 Å². The van der Waals surface area contributed by atoms with E-state index in [1.807, 2.05) is 0 Å². The molecule has 0 radical (unpaired) electrons. The molecule has 0 spiro atoms. The second-order valence-corrected chi connectivity index (χ2v) is 8.40. The third kappa shape index (κ3) is 4.29. The summed E-state index contributed by atoms with van der Waals surface area (Å²) in [6.45, 7) is 0. The van der Waals surface area contributed by atoms with Gasteiger partial charge in [0.2, 0.25) is 0 Å². The average Bonchev–Trinajstić information content (AvgIpc) is 2.33. The van der Waals surface area contributed by atoms with E-state index in [4.69, 9.17) is 13.7 Å². The first kappa shape index (κ1) is 20.5. The molecule has 122 valence electrons. The first-order valence-corrected chi connectivity index (χ1v) is 9.63. The van der Waals surface area contributed by atoms with E-state index in [0.29, 0.717) is 12.1 Å². The van der Waals surface area contributed by atoms with E-state index >= 15 is 0 Å². The fourth-order valence-electron chi connectivity index (χ4n) is 1.88. The molecule has 0 unspecified atom stereocenters. The van der Waals surface area contributed by atoms with Crippen LogP contribution in [0.1, 0.15) is 0 Å². The zero-order valence-corrected chi connectivity index (χ0v) is 12.9. The summed E-state index contributed by atoms with van der Waals surface area (Å²) < 4.78 is 94.5. The zero-order valence-electron chi connectivity index (χ0n) is 10.4. The summed E-state index contributed by atoms with van der Waals surface area (Å²) in [7, 11) is -14.2. The normalized spacial score (nSPS) is 12.8. The van der Waals surface area contributed by atoms with Crippen LogP contribution in [0.5, 0.6) is 0 Å².